The molecule has 0 atom stereocenters. The molecule has 82 valence electrons. The van der Waals surface area contributed by atoms with Crippen LogP contribution in [0.25, 0.3) is 0 Å². The Morgan fingerprint density at radius 2 is 2.33 bits per heavy atom. The highest BCUT2D eigenvalue weighted by Crippen LogP contribution is 2.06. The molecule has 5 heteroatoms. The van der Waals surface area contributed by atoms with Gasteiger partial charge in [-0.3, -0.25) is 0 Å². The fourth-order valence-corrected chi connectivity index (χ4v) is 0.814. The molecule has 1 heterocycles. The number of amides is 1. The molecule has 0 unspecified atom stereocenters. The van der Waals surface area contributed by atoms with E-state index in [2.05, 4.69) is 10.5 Å². The van der Waals surface area contributed by atoms with Crippen LogP contribution in [-0.2, 0) is 4.74 Å². The summed E-state index contributed by atoms with van der Waals surface area (Å²) in [5.74, 6) is 0.561. The minimum atomic E-state index is -0.592. The topological polar surface area (TPSA) is 63.8 Å². The molecule has 0 saturated heterocycles. The lowest BCUT2D eigenvalue weighted by Crippen LogP contribution is -2.29. The van der Waals surface area contributed by atoms with Crippen LogP contribution >= 0.6 is 0 Å². The van der Waals surface area contributed by atoms with Gasteiger partial charge >= 0.3 is 6.09 Å². The summed E-state index contributed by atoms with van der Waals surface area (Å²) < 4.78 is 9.94. The van der Waals surface area contributed by atoms with E-state index in [0.29, 0.717) is 5.76 Å². The summed E-state index contributed by atoms with van der Waals surface area (Å²) in [6.45, 7) is 5.34. The van der Waals surface area contributed by atoms with E-state index in [1.54, 1.807) is 32.9 Å². The first-order valence-electron chi connectivity index (χ1n) is 4.53. The summed E-state index contributed by atoms with van der Waals surface area (Å²) in [7, 11) is 0. The van der Waals surface area contributed by atoms with Crippen LogP contribution in [0.4, 0.5) is 4.79 Å². The SMILES string of the molecule is CC(C)(C)OC(=O)N/N=C\c1ccco1. The third-order valence-corrected chi connectivity index (χ3v) is 1.29. The summed E-state index contributed by atoms with van der Waals surface area (Å²) in [6.07, 6.45) is 2.32. The van der Waals surface area contributed by atoms with E-state index in [1.807, 2.05) is 0 Å². The second-order valence-electron chi connectivity index (χ2n) is 3.89. The van der Waals surface area contributed by atoms with Gasteiger partial charge in [-0.1, -0.05) is 0 Å². The Balaban J connectivity index is 2.35. The number of hydrogen-bond donors (Lipinski definition) is 1. The van der Waals surface area contributed by atoms with Gasteiger partial charge in [0.15, 0.2) is 0 Å². The van der Waals surface area contributed by atoms with Crippen molar-refractivity contribution < 1.29 is 13.9 Å². The first kappa shape index (κ1) is 11.3. The molecule has 5 nitrogen and oxygen atoms in total. The van der Waals surface area contributed by atoms with E-state index in [0.717, 1.165) is 0 Å². The number of hydrazone groups is 1. The molecule has 15 heavy (non-hydrogen) atoms. The van der Waals surface area contributed by atoms with Crippen LogP contribution in [0.15, 0.2) is 27.9 Å². The standard InChI is InChI=1S/C10H14N2O3/c1-10(2,3)15-9(13)12-11-7-8-5-4-6-14-8/h4-7H,1-3H3,(H,12,13)/b11-7-. The zero-order valence-electron chi connectivity index (χ0n) is 8.98. The van der Waals surface area contributed by atoms with Crippen LogP contribution < -0.4 is 5.43 Å². The van der Waals surface area contributed by atoms with E-state index in [9.17, 15) is 4.79 Å². The van der Waals surface area contributed by atoms with Gasteiger partial charge in [0.05, 0.1) is 12.5 Å². The third kappa shape index (κ3) is 4.85. The fourth-order valence-electron chi connectivity index (χ4n) is 0.814. The molecule has 0 spiro atoms. The average Bonchev–Trinajstić information content (AvgIpc) is 2.53. The van der Waals surface area contributed by atoms with E-state index in [1.165, 1.54) is 12.5 Å². The predicted octanol–water partition coefficient (Wildman–Crippen LogP) is 2.14. The molecule has 1 N–H and O–H groups in total. The van der Waals surface area contributed by atoms with Crippen molar-refractivity contribution in [3.8, 4) is 0 Å². The fraction of sp³-hybridized carbons (Fsp3) is 0.400. The maximum Gasteiger partial charge on any atom is 0.428 e. The van der Waals surface area contributed by atoms with Crippen molar-refractivity contribution in [2.45, 2.75) is 26.4 Å². The molecule has 1 aromatic rings. The third-order valence-electron chi connectivity index (χ3n) is 1.29. The molecule has 0 aliphatic rings. The van der Waals surface area contributed by atoms with E-state index in [4.69, 9.17) is 9.15 Å². The second kappa shape index (κ2) is 4.63. The van der Waals surface area contributed by atoms with Gasteiger partial charge in [0.25, 0.3) is 0 Å². The molecule has 0 fully saturated rings. The van der Waals surface area contributed by atoms with Crippen LogP contribution in [0.1, 0.15) is 26.5 Å². The van der Waals surface area contributed by atoms with Gasteiger partial charge in [-0.25, -0.2) is 10.2 Å². The van der Waals surface area contributed by atoms with E-state index in [-0.39, 0.29) is 0 Å². The number of hydrogen-bond acceptors (Lipinski definition) is 4. The highest BCUT2D eigenvalue weighted by Gasteiger charge is 2.15. The second-order valence-corrected chi connectivity index (χ2v) is 3.89. The number of carbonyl (C=O) groups excluding carboxylic acids is 1. The molecule has 1 aromatic heterocycles. The smallest absolute Gasteiger partial charge is 0.428 e. The van der Waals surface area contributed by atoms with Crippen LogP contribution in [0, 0.1) is 0 Å². The molecule has 0 aromatic carbocycles. The Morgan fingerprint density at radius 1 is 1.60 bits per heavy atom. The Kier molecular flexibility index (Phi) is 3.49. The highest BCUT2D eigenvalue weighted by atomic mass is 16.6. The molecule has 0 aliphatic carbocycles. The van der Waals surface area contributed by atoms with Gasteiger partial charge in [-0.15, -0.1) is 0 Å². The monoisotopic (exact) mass is 210 g/mol. The molecule has 1 rings (SSSR count). The average molecular weight is 210 g/mol. The van der Waals surface area contributed by atoms with Crippen molar-refractivity contribution in [1.29, 1.82) is 0 Å². The summed E-state index contributed by atoms with van der Waals surface area (Å²) in [5, 5.41) is 3.65. The van der Waals surface area contributed by atoms with Crippen molar-refractivity contribution in [3.63, 3.8) is 0 Å². The van der Waals surface area contributed by atoms with Gasteiger partial charge in [0, 0.05) is 0 Å². The van der Waals surface area contributed by atoms with Crippen molar-refractivity contribution in [2.75, 3.05) is 0 Å². The van der Waals surface area contributed by atoms with Gasteiger partial charge in [-0.05, 0) is 32.9 Å². The van der Waals surface area contributed by atoms with E-state index < -0.39 is 11.7 Å². The molecular formula is C10H14N2O3. The molecule has 0 radical (unpaired) electrons. The summed E-state index contributed by atoms with van der Waals surface area (Å²) in [5.41, 5.74) is 1.70. The number of nitrogens with one attached hydrogen (secondary N) is 1. The Hall–Kier alpha value is -1.78. The van der Waals surface area contributed by atoms with Crippen LogP contribution in [0.3, 0.4) is 0 Å². The normalized spacial score (nSPS) is 11.7. The minimum Gasteiger partial charge on any atom is -0.463 e. The number of nitrogens with zero attached hydrogens (tertiary/aromatic N) is 1. The Labute approximate surface area is 88.1 Å². The maximum absolute atomic E-state index is 11.1. The lowest BCUT2D eigenvalue weighted by molar-refractivity contribution is 0.0529. The van der Waals surface area contributed by atoms with Gasteiger partial charge < -0.3 is 9.15 Å². The maximum atomic E-state index is 11.1. The zero-order chi connectivity index (χ0) is 11.3. The number of rotatable bonds is 2. The quantitative estimate of drug-likeness (QED) is 0.600. The Bertz CT molecular complexity index is 336. The molecule has 1 amide bonds. The minimum absolute atomic E-state index is 0.524. The molecule has 0 bridgehead atoms. The Morgan fingerprint density at radius 3 is 2.87 bits per heavy atom. The van der Waals surface area contributed by atoms with Crippen molar-refractivity contribution in [2.24, 2.45) is 5.10 Å². The largest absolute Gasteiger partial charge is 0.463 e. The first-order chi connectivity index (χ1) is 6.97. The van der Waals surface area contributed by atoms with Crippen LogP contribution in [0.2, 0.25) is 0 Å². The molecule has 0 saturated carbocycles. The zero-order valence-corrected chi connectivity index (χ0v) is 8.98. The van der Waals surface area contributed by atoms with Gasteiger partial charge in [-0.2, -0.15) is 5.10 Å². The first-order valence-corrected chi connectivity index (χ1v) is 4.53. The predicted molar refractivity (Wildman–Crippen MR) is 55.7 cm³/mol. The molecule has 0 aliphatic heterocycles. The molecular weight excluding hydrogens is 196 g/mol. The number of carbonyl (C=O) groups is 1. The van der Waals surface area contributed by atoms with Gasteiger partial charge in [0.2, 0.25) is 0 Å². The van der Waals surface area contributed by atoms with Crippen LogP contribution in [0.5, 0.6) is 0 Å². The summed E-state index contributed by atoms with van der Waals surface area (Å²) >= 11 is 0. The lowest BCUT2D eigenvalue weighted by atomic mass is 10.2. The number of furan rings is 1. The van der Waals surface area contributed by atoms with Crippen molar-refractivity contribution >= 4 is 12.3 Å². The highest BCUT2D eigenvalue weighted by molar-refractivity contribution is 5.77. The van der Waals surface area contributed by atoms with Crippen molar-refractivity contribution in [1.82, 2.24) is 5.43 Å². The van der Waals surface area contributed by atoms with Crippen LogP contribution in [-0.4, -0.2) is 17.9 Å². The van der Waals surface area contributed by atoms with Crippen molar-refractivity contribution in [3.05, 3.63) is 24.2 Å². The number of ether oxygens (including phenoxy) is 1. The lowest BCUT2D eigenvalue weighted by Gasteiger charge is -2.18. The van der Waals surface area contributed by atoms with Gasteiger partial charge in [0.1, 0.15) is 11.4 Å². The summed E-state index contributed by atoms with van der Waals surface area (Å²) in [4.78, 5) is 11.1. The summed E-state index contributed by atoms with van der Waals surface area (Å²) in [6, 6.07) is 3.45. The van der Waals surface area contributed by atoms with E-state index >= 15 is 0 Å².